The second-order valence-corrected chi connectivity index (χ2v) is 8.28. The van der Waals surface area contributed by atoms with Crippen LogP contribution in [0.15, 0.2) is 36.8 Å². The van der Waals surface area contributed by atoms with Gasteiger partial charge in [-0.25, -0.2) is 4.98 Å². The van der Waals surface area contributed by atoms with Gasteiger partial charge in [-0.1, -0.05) is 11.6 Å². The van der Waals surface area contributed by atoms with Gasteiger partial charge in [-0.05, 0) is 49.8 Å². The van der Waals surface area contributed by atoms with E-state index in [-0.39, 0.29) is 0 Å². The van der Waals surface area contributed by atoms with Crippen LogP contribution in [-0.2, 0) is 11.3 Å². The fraction of sp³-hybridized carbons (Fsp3) is 0.429. The Morgan fingerprint density at radius 2 is 1.89 bits per heavy atom. The lowest BCUT2D eigenvalue weighted by atomic mass is 9.96. The van der Waals surface area contributed by atoms with E-state index in [4.69, 9.17) is 11.6 Å². The van der Waals surface area contributed by atoms with Gasteiger partial charge >= 0.3 is 0 Å². The Balaban J connectivity index is 1.25. The minimum absolute atomic E-state index is 0.324. The zero-order chi connectivity index (χ0) is 19.1. The summed E-state index contributed by atoms with van der Waals surface area (Å²) in [6.07, 6.45) is 10.1. The van der Waals surface area contributed by atoms with Gasteiger partial charge in [-0.2, -0.15) is 5.10 Å². The van der Waals surface area contributed by atoms with E-state index < -0.39 is 0 Å². The molecule has 1 amide bonds. The molecular weight excluding hydrogens is 374 g/mol. The lowest BCUT2D eigenvalue weighted by Crippen LogP contribution is -2.40. The minimum atomic E-state index is 0.324. The summed E-state index contributed by atoms with van der Waals surface area (Å²) < 4.78 is 2.01. The number of halogens is 1. The molecule has 28 heavy (non-hydrogen) atoms. The maximum atomic E-state index is 12.2. The van der Waals surface area contributed by atoms with E-state index in [0.717, 1.165) is 67.5 Å². The van der Waals surface area contributed by atoms with Gasteiger partial charge in [0, 0.05) is 49.1 Å². The van der Waals surface area contributed by atoms with E-state index in [1.54, 1.807) is 6.07 Å². The number of nitrogens with zero attached hydrogens (tertiary/aromatic N) is 5. The fourth-order valence-electron chi connectivity index (χ4n) is 3.94. The highest BCUT2D eigenvalue weighted by Crippen LogP contribution is 2.32. The molecule has 0 atom stereocenters. The molecule has 1 saturated carbocycles. The quantitative estimate of drug-likeness (QED) is 0.630. The van der Waals surface area contributed by atoms with E-state index in [1.807, 2.05) is 29.2 Å². The van der Waals surface area contributed by atoms with Crippen LogP contribution in [0.3, 0.4) is 0 Å². The third-order valence-electron chi connectivity index (χ3n) is 5.77. The van der Waals surface area contributed by atoms with Crippen molar-refractivity contribution in [2.24, 2.45) is 11.8 Å². The van der Waals surface area contributed by atoms with Crippen LogP contribution in [0.25, 0.3) is 22.2 Å². The van der Waals surface area contributed by atoms with Crippen LogP contribution in [0.5, 0.6) is 0 Å². The van der Waals surface area contributed by atoms with E-state index in [1.165, 1.54) is 0 Å². The topological polar surface area (TPSA) is 63.9 Å². The molecule has 0 unspecified atom stereocenters. The molecule has 4 heterocycles. The van der Waals surface area contributed by atoms with Crippen molar-refractivity contribution in [3.8, 4) is 11.1 Å². The number of likely N-dealkylation sites (tertiary alicyclic amines) is 1. The Morgan fingerprint density at radius 3 is 2.68 bits per heavy atom. The Kier molecular flexibility index (Phi) is 4.51. The molecule has 3 aromatic rings. The van der Waals surface area contributed by atoms with E-state index in [2.05, 4.69) is 26.2 Å². The summed E-state index contributed by atoms with van der Waals surface area (Å²) >= 11 is 6.00. The number of hydrogen-bond acceptors (Lipinski definition) is 4. The minimum Gasteiger partial charge on any atom is -0.342 e. The number of carbonyl (C=O) groups is 1. The van der Waals surface area contributed by atoms with E-state index in [9.17, 15) is 4.79 Å². The van der Waals surface area contributed by atoms with Crippen molar-refractivity contribution in [2.75, 3.05) is 13.1 Å². The average Bonchev–Trinajstić information content (AvgIpc) is 3.46. The van der Waals surface area contributed by atoms with Crippen LogP contribution in [0.1, 0.15) is 25.7 Å². The molecule has 6 nitrogen and oxygen atoms in total. The largest absolute Gasteiger partial charge is 0.342 e. The standard InChI is InChI=1S/C21H22ClN5O/c22-20-4-3-18-19(25-20)9-16(10-23-18)17-11-24-27(13-17)12-14-5-7-26(8-6-14)21(28)15-1-2-15/h3-4,9-11,13-15H,1-2,5-8,12H2. The van der Waals surface area contributed by atoms with Gasteiger partial charge in [0.25, 0.3) is 0 Å². The molecule has 3 aromatic heterocycles. The van der Waals surface area contributed by atoms with Gasteiger partial charge in [-0.15, -0.1) is 0 Å². The fourth-order valence-corrected chi connectivity index (χ4v) is 4.10. The van der Waals surface area contributed by atoms with Crippen molar-refractivity contribution >= 4 is 28.5 Å². The maximum Gasteiger partial charge on any atom is 0.225 e. The van der Waals surface area contributed by atoms with Gasteiger partial charge in [-0.3, -0.25) is 14.5 Å². The Morgan fingerprint density at radius 1 is 1.07 bits per heavy atom. The number of pyridine rings is 2. The number of piperidine rings is 1. The zero-order valence-electron chi connectivity index (χ0n) is 15.6. The van der Waals surface area contributed by atoms with Crippen molar-refractivity contribution in [1.82, 2.24) is 24.6 Å². The molecule has 144 valence electrons. The number of fused-ring (bicyclic) bond motifs is 1. The van der Waals surface area contributed by atoms with Crippen LogP contribution in [0, 0.1) is 11.8 Å². The first-order valence-corrected chi connectivity index (χ1v) is 10.3. The highest BCUT2D eigenvalue weighted by Gasteiger charge is 2.34. The predicted molar refractivity (Wildman–Crippen MR) is 108 cm³/mol. The zero-order valence-corrected chi connectivity index (χ0v) is 16.3. The normalized spacial score (nSPS) is 18.0. The lowest BCUT2D eigenvalue weighted by molar-refractivity contribution is -0.134. The number of carbonyl (C=O) groups excluding carboxylic acids is 1. The van der Waals surface area contributed by atoms with Gasteiger partial charge in [0.15, 0.2) is 0 Å². The molecule has 0 N–H and O–H groups in total. The molecule has 7 heteroatoms. The molecular formula is C21H22ClN5O. The lowest BCUT2D eigenvalue weighted by Gasteiger charge is -2.32. The Bertz CT molecular complexity index is 1020. The SMILES string of the molecule is O=C(C1CC1)N1CCC(Cn2cc(-c3cnc4ccc(Cl)nc4c3)cn2)CC1. The maximum absolute atomic E-state index is 12.2. The summed E-state index contributed by atoms with van der Waals surface area (Å²) in [5.74, 6) is 1.26. The summed E-state index contributed by atoms with van der Waals surface area (Å²) in [6, 6.07) is 5.62. The molecule has 1 aliphatic heterocycles. The summed E-state index contributed by atoms with van der Waals surface area (Å²) in [6.45, 7) is 2.65. The number of aromatic nitrogens is 4. The molecule has 0 spiro atoms. The van der Waals surface area contributed by atoms with Crippen molar-refractivity contribution in [3.63, 3.8) is 0 Å². The monoisotopic (exact) mass is 395 g/mol. The van der Waals surface area contributed by atoms with Crippen molar-refractivity contribution in [2.45, 2.75) is 32.2 Å². The van der Waals surface area contributed by atoms with E-state index >= 15 is 0 Å². The van der Waals surface area contributed by atoms with Crippen LogP contribution in [-0.4, -0.2) is 43.6 Å². The first-order valence-electron chi connectivity index (χ1n) is 9.89. The van der Waals surface area contributed by atoms with Crippen molar-refractivity contribution in [1.29, 1.82) is 0 Å². The molecule has 2 fully saturated rings. The highest BCUT2D eigenvalue weighted by atomic mass is 35.5. The van der Waals surface area contributed by atoms with Crippen LogP contribution >= 0.6 is 11.6 Å². The molecule has 0 aromatic carbocycles. The van der Waals surface area contributed by atoms with Crippen molar-refractivity contribution < 1.29 is 4.79 Å². The Labute approximate surface area is 168 Å². The van der Waals surface area contributed by atoms with Gasteiger partial charge in [0.2, 0.25) is 5.91 Å². The molecule has 0 bridgehead atoms. The summed E-state index contributed by atoms with van der Waals surface area (Å²) in [4.78, 5) is 23.1. The molecule has 5 rings (SSSR count). The molecule has 1 saturated heterocycles. The highest BCUT2D eigenvalue weighted by molar-refractivity contribution is 6.29. The third kappa shape index (κ3) is 3.61. The number of hydrogen-bond donors (Lipinski definition) is 0. The summed E-state index contributed by atoms with van der Waals surface area (Å²) in [5, 5.41) is 5.00. The molecule has 2 aliphatic rings. The van der Waals surface area contributed by atoms with Crippen LogP contribution in [0.4, 0.5) is 0 Å². The third-order valence-corrected chi connectivity index (χ3v) is 5.98. The smallest absolute Gasteiger partial charge is 0.225 e. The Hall–Kier alpha value is -2.47. The summed E-state index contributed by atoms with van der Waals surface area (Å²) in [7, 11) is 0. The first kappa shape index (κ1) is 17.6. The van der Waals surface area contributed by atoms with Gasteiger partial charge in [0.1, 0.15) is 5.15 Å². The number of rotatable bonds is 4. The van der Waals surface area contributed by atoms with Crippen molar-refractivity contribution in [3.05, 3.63) is 41.9 Å². The second kappa shape index (κ2) is 7.17. The number of amides is 1. The predicted octanol–water partition coefficient (Wildman–Crippen LogP) is 3.80. The van der Waals surface area contributed by atoms with Crippen LogP contribution in [0.2, 0.25) is 5.15 Å². The first-order chi connectivity index (χ1) is 13.7. The van der Waals surface area contributed by atoms with Crippen LogP contribution < -0.4 is 0 Å². The summed E-state index contributed by atoms with van der Waals surface area (Å²) in [5.41, 5.74) is 3.62. The van der Waals surface area contributed by atoms with Gasteiger partial charge in [0.05, 0.1) is 17.2 Å². The average molecular weight is 396 g/mol. The molecule has 0 radical (unpaired) electrons. The molecule has 1 aliphatic carbocycles. The van der Waals surface area contributed by atoms with Gasteiger partial charge < -0.3 is 4.90 Å². The second-order valence-electron chi connectivity index (χ2n) is 7.89. The van der Waals surface area contributed by atoms with E-state index in [0.29, 0.717) is 22.9 Å².